The number of carbonyl (C=O) groups excluding carboxylic acids is 2. The Balaban J connectivity index is 1.35. The highest BCUT2D eigenvalue weighted by Gasteiger charge is 2.27. The van der Waals surface area contributed by atoms with Crippen molar-refractivity contribution in [3.63, 3.8) is 0 Å². The SMILES string of the molecule is NC(=O)Nc1cccc(NC(=O)C2CCN(c3nc4ccccc4o3)CC2)c1. The number of aromatic nitrogens is 1. The topological polar surface area (TPSA) is 113 Å². The van der Waals surface area contributed by atoms with Crippen molar-refractivity contribution in [1.29, 1.82) is 0 Å². The van der Waals surface area contributed by atoms with Crippen molar-refractivity contribution in [1.82, 2.24) is 4.98 Å². The number of benzene rings is 2. The summed E-state index contributed by atoms with van der Waals surface area (Å²) in [7, 11) is 0. The molecule has 1 aliphatic rings. The molecule has 2 heterocycles. The molecule has 1 fully saturated rings. The molecule has 4 rings (SSSR count). The van der Waals surface area contributed by atoms with Crippen molar-refractivity contribution in [2.24, 2.45) is 11.7 Å². The van der Waals surface area contributed by atoms with Crippen molar-refractivity contribution >= 4 is 40.4 Å². The van der Waals surface area contributed by atoms with Gasteiger partial charge in [0.05, 0.1) is 0 Å². The lowest BCUT2D eigenvalue weighted by molar-refractivity contribution is -0.120. The van der Waals surface area contributed by atoms with E-state index in [0.29, 0.717) is 43.3 Å². The van der Waals surface area contributed by atoms with E-state index in [4.69, 9.17) is 10.2 Å². The van der Waals surface area contributed by atoms with Crippen LogP contribution in [0.3, 0.4) is 0 Å². The summed E-state index contributed by atoms with van der Waals surface area (Å²) >= 11 is 0. The van der Waals surface area contributed by atoms with Gasteiger partial charge in [0.2, 0.25) is 5.91 Å². The maximum Gasteiger partial charge on any atom is 0.316 e. The molecule has 144 valence electrons. The molecule has 0 saturated carbocycles. The zero-order chi connectivity index (χ0) is 19.5. The van der Waals surface area contributed by atoms with E-state index in [-0.39, 0.29) is 11.8 Å². The molecule has 2 aromatic carbocycles. The molecule has 8 heteroatoms. The first kappa shape index (κ1) is 17.8. The number of para-hydroxylation sites is 2. The molecule has 1 saturated heterocycles. The van der Waals surface area contributed by atoms with E-state index in [1.54, 1.807) is 24.3 Å². The van der Waals surface area contributed by atoms with Crippen molar-refractivity contribution in [3.05, 3.63) is 48.5 Å². The Morgan fingerprint density at radius 2 is 1.75 bits per heavy atom. The van der Waals surface area contributed by atoms with E-state index in [1.807, 2.05) is 24.3 Å². The summed E-state index contributed by atoms with van der Waals surface area (Å²) in [6, 6.07) is 14.5. The lowest BCUT2D eigenvalue weighted by Gasteiger charge is -2.30. The number of nitrogens with zero attached hydrogens (tertiary/aromatic N) is 2. The number of hydrogen-bond acceptors (Lipinski definition) is 5. The van der Waals surface area contributed by atoms with E-state index < -0.39 is 6.03 Å². The minimum atomic E-state index is -0.643. The van der Waals surface area contributed by atoms with Gasteiger partial charge in [-0.3, -0.25) is 4.79 Å². The van der Waals surface area contributed by atoms with Crippen LogP contribution in [-0.2, 0) is 4.79 Å². The van der Waals surface area contributed by atoms with Crippen molar-refractivity contribution < 1.29 is 14.0 Å². The Kier molecular flexibility index (Phi) is 4.84. The van der Waals surface area contributed by atoms with Crippen LogP contribution in [0.25, 0.3) is 11.1 Å². The smallest absolute Gasteiger partial charge is 0.316 e. The Labute approximate surface area is 161 Å². The van der Waals surface area contributed by atoms with Gasteiger partial charge in [-0.1, -0.05) is 18.2 Å². The van der Waals surface area contributed by atoms with Crippen LogP contribution in [0.15, 0.2) is 52.9 Å². The van der Waals surface area contributed by atoms with E-state index in [9.17, 15) is 9.59 Å². The average molecular weight is 379 g/mol. The number of anilines is 3. The van der Waals surface area contributed by atoms with E-state index in [0.717, 1.165) is 11.1 Å². The Hall–Kier alpha value is -3.55. The molecule has 4 N–H and O–H groups in total. The molecule has 3 amide bonds. The number of rotatable bonds is 4. The molecule has 0 spiro atoms. The van der Waals surface area contributed by atoms with Crippen molar-refractivity contribution in [2.75, 3.05) is 28.6 Å². The molecule has 1 aliphatic heterocycles. The Morgan fingerprint density at radius 3 is 2.46 bits per heavy atom. The van der Waals surface area contributed by atoms with Crippen LogP contribution in [0.2, 0.25) is 0 Å². The highest BCUT2D eigenvalue weighted by molar-refractivity contribution is 5.94. The minimum absolute atomic E-state index is 0.0339. The van der Waals surface area contributed by atoms with Crippen LogP contribution in [0, 0.1) is 5.92 Å². The van der Waals surface area contributed by atoms with E-state index in [2.05, 4.69) is 20.5 Å². The number of hydrogen-bond donors (Lipinski definition) is 3. The zero-order valence-corrected chi connectivity index (χ0v) is 15.2. The molecule has 0 unspecified atom stereocenters. The average Bonchev–Trinajstić information content (AvgIpc) is 3.12. The first-order valence-corrected chi connectivity index (χ1v) is 9.16. The lowest BCUT2D eigenvalue weighted by atomic mass is 9.96. The van der Waals surface area contributed by atoms with Gasteiger partial charge in [0.15, 0.2) is 5.58 Å². The first-order valence-electron chi connectivity index (χ1n) is 9.16. The Bertz CT molecular complexity index is 975. The number of nitrogens with two attached hydrogens (primary N) is 1. The fraction of sp³-hybridized carbons (Fsp3) is 0.250. The fourth-order valence-corrected chi connectivity index (χ4v) is 3.39. The number of oxazole rings is 1. The molecule has 3 aromatic rings. The second kappa shape index (κ2) is 7.59. The fourth-order valence-electron chi connectivity index (χ4n) is 3.39. The lowest BCUT2D eigenvalue weighted by Crippen LogP contribution is -2.38. The van der Waals surface area contributed by atoms with Gasteiger partial charge in [-0.25, -0.2) is 4.79 Å². The monoisotopic (exact) mass is 379 g/mol. The quantitative estimate of drug-likeness (QED) is 0.644. The van der Waals surface area contributed by atoms with Gasteiger partial charge < -0.3 is 25.7 Å². The predicted octanol–water partition coefficient (Wildman–Crippen LogP) is 3.17. The summed E-state index contributed by atoms with van der Waals surface area (Å²) in [4.78, 5) is 30.2. The number of urea groups is 1. The van der Waals surface area contributed by atoms with Crippen LogP contribution in [0.4, 0.5) is 22.2 Å². The summed E-state index contributed by atoms with van der Waals surface area (Å²) < 4.78 is 5.81. The number of fused-ring (bicyclic) bond motifs is 1. The van der Waals surface area contributed by atoms with Crippen LogP contribution < -0.4 is 21.3 Å². The molecule has 0 bridgehead atoms. The van der Waals surface area contributed by atoms with Gasteiger partial charge in [0.1, 0.15) is 5.52 Å². The molecule has 0 atom stereocenters. The van der Waals surface area contributed by atoms with Gasteiger partial charge in [-0.2, -0.15) is 4.98 Å². The van der Waals surface area contributed by atoms with Crippen molar-refractivity contribution in [3.8, 4) is 0 Å². The van der Waals surface area contributed by atoms with Gasteiger partial charge in [-0.05, 0) is 43.2 Å². The number of nitrogens with one attached hydrogen (secondary N) is 2. The molecule has 0 aliphatic carbocycles. The standard InChI is InChI=1S/C20H21N5O3/c21-19(27)23-15-5-3-4-14(12-15)22-18(26)13-8-10-25(11-9-13)20-24-16-6-1-2-7-17(16)28-20/h1-7,12-13H,8-11H2,(H,22,26)(H3,21,23,27). The first-order chi connectivity index (χ1) is 13.6. The second-order valence-corrected chi connectivity index (χ2v) is 6.78. The molecule has 8 nitrogen and oxygen atoms in total. The minimum Gasteiger partial charge on any atom is -0.423 e. The third-order valence-electron chi connectivity index (χ3n) is 4.82. The summed E-state index contributed by atoms with van der Waals surface area (Å²) in [5.74, 6) is -0.123. The molecular weight excluding hydrogens is 358 g/mol. The molecule has 1 aromatic heterocycles. The third-order valence-corrected chi connectivity index (χ3v) is 4.82. The normalized spacial score (nSPS) is 14.8. The van der Waals surface area contributed by atoms with E-state index in [1.165, 1.54) is 0 Å². The number of piperidine rings is 1. The molecule has 28 heavy (non-hydrogen) atoms. The largest absolute Gasteiger partial charge is 0.423 e. The highest BCUT2D eigenvalue weighted by Crippen LogP contribution is 2.27. The van der Waals surface area contributed by atoms with Crippen molar-refractivity contribution in [2.45, 2.75) is 12.8 Å². The highest BCUT2D eigenvalue weighted by atomic mass is 16.4. The van der Waals surface area contributed by atoms with Gasteiger partial charge >= 0.3 is 6.03 Å². The summed E-state index contributed by atoms with van der Waals surface area (Å²) in [5, 5.41) is 5.41. The zero-order valence-electron chi connectivity index (χ0n) is 15.2. The second-order valence-electron chi connectivity index (χ2n) is 6.78. The molecule has 0 radical (unpaired) electrons. The number of amides is 3. The summed E-state index contributed by atoms with van der Waals surface area (Å²) in [6.45, 7) is 1.41. The van der Waals surface area contributed by atoms with Crippen LogP contribution in [0.5, 0.6) is 0 Å². The Morgan fingerprint density at radius 1 is 1.04 bits per heavy atom. The van der Waals surface area contributed by atoms with E-state index >= 15 is 0 Å². The van der Waals surface area contributed by atoms with Gasteiger partial charge in [-0.15, -0.1) is 0 Å². The number of primary amides is 1. The van der Waals surface area contributed by atoms with Crippen LogP contribution in [-0.4, -0.2) is 30.0 Å². The van der Waals surface area contributed by atoms with Crippen LogP contribution in [0.1, 0.15) is 12.8 Å². The van der Waals surface area contributed by atoms with Gasteiger partial charge in [0, 0.05) is 30.4 Å². The maximum absolute atomic E-state index is 12.6. The molecular formula is C20H21N5O3. The number of carbonyl (C=O) groups is 2. The predicted molar refractivity (Wildman–Crippen MR) is 107 cm³/mol. The maximum atomic E-state index is 12.6. The summed E-state index contributed by atoms with van der Waals surface area (Å²) in [6.07, 6.45) is 1.42. The van der Waals surface area contributed by atoms with Crippen LogP contribution >= 0.6 is 0 Å². The third kappa shape index (κ3) is 3.90. The summed E-state index contributed by atoms with van der Waals surface area (Å²) in [5.41, 5.74) is 7.88. The van der Waals surface area contributed by atoms with Gasteiger partial charge in [0.25, 0.3) is 6.01 Å².